The average molecular weight is 893 g/mol. The fraction of sp³-hybridized carbons (Fsp3) is 0.0698. The summed E-state index contributed by atoms with van der Waals surface area (Å²) in [5, 5.41) is 63.1. The highest BCUT2D eigenvalue weighted by atomic mass is 19.2. The maximum atomic E-state index is 14.5. The Labute approximate surface area is 349 Å². The molecular weight excluding hydrogens is 860 g/mol. The Kier molecular flexibility index (Phi) is 16.1. The minimum atomic E-state index is -1.69. The van der Waals surface area contributed by atoms with Gasteiger partial charge in [0.25, 0.3) is 5.43 Å². The van der Waals surface area contributed by atoms with E-state index >= 15 is 0 Å². The van der Waals surface area contributed by atoms with Crippen LogP contribution in [0.4, 0.5) is 35.1 Å². The minimum Gasteiger partial charge on any atom is -0.505 e. The summed E-state index contributed by atoms with van der Waals surface area (Å²) in [7, 11) is 0. The van der Waals surface area contributed by atoms with E-state index in [2.05, 4.69) is 0 Å². The summed E-state index contributed by atoms with van der Waals surface area (Å²) in [6, 6.07) is 13.5. The SMILES string of the molecule is C.C.C.O=C(O)c1ccccc1-c1c2cc(F)c(=O)c(F)c-2oc2c(F)c(O)c(F)cc12.O=C(O)c1ccccc1C(=O)c1cc(F)c(O)c(F)c1O.Oc1ccc(F)c(O)c1F. The molecule has 20 heteroatoms. The van der Waals surface area contributed by atoms with Crippen molar-refractivity contribution in [3.8, 4) is 51.2 Å². The van der Waals surface area contributed by atoms with E-state index in [1.807, 2.05) is 0 Å². The van der Waals surface area contributed by atoms with Gasteiger partial charge in [-0.25, -0.2) is 27.2 Å². The molecule has 0 fully saturated rings. The lowest BCUT2D eigenvalue weighted by atomic mass is 9.90. The number of phenolic OH excluding ortho intramolecular Hbond substituents is 5. The van der Waals surface area contributed by atoms with Crippen LogP contribution in [0.2, 0.25) is 0 Å². The van der Waals surface area contributed by atoms with Crippen LogP contribution in [0.1, 0.15) is 58.9 Å². The molecule has 12 nitrogen and oxygen atoms in total. The van der Waals surface area contributed by atoms with E-state index < -0.39 is 126 Å². The Bertz CT molecular complexity index is 2910. The van der Waals surface area contributed by atoms with Crippen LogP contribution in [0.5, 0.6) is 28.7 Å². The molecule has 7 rings (SSSR count). The van der Waals surface area contributed by atoms with Crippen molar-refractivity contribution in [1.82, 2.24) is 0 Å². The molecule has 63 heavy (non-hydrogen) atoms. The molecule has 5 aromatic rings. The number of benzene rings is 6. The first-order valence-electron chi connectivity index (χ1n) is 16.1. The van der Waals surface area contributed by atoms with Crippen LogP contribution >= 0.6 is 0 Å². The number of rotatable bonds is 5. The summed E-state index contributed by atoms with van der Waals surface area (Å²) in [5.41, 5.74) is -5.14. The fourth-order valence-corrected chi connectivity index (χ4v) is 5.49. The molecule has 2 aliphatic rings. The van der Waals surface area contributed by atoms with Crippen molar-refractivity contribution in [1.29, 1.82) is 0 Å². The number of fused-ring (bicyclic) bond motifs is 2. The molecule has 0 saturated carbocycles. The number of carbonyl (C=O) groups is 3. The Morgan fingerprint density at radius 1 is 0.476 bits per heavy atom. The minimum absolute atomic E-state index is 0. The quantitative estimate of drug-likeness (QED) is 0.0487. The van der Waals surface area contributed by atoms with Crippen molar-refractivity contribution >= 4 is 28.7 Å². The molecule has 0 atom stereocenters. The zero-order valence-electron chi connectivity index (χ0n) is 29.2. The molecule has 1 heterocycles. The number of phenols is 5. The van der Waals surface area contributed by atoms with Crippen LogP contribution in [0, 0.1) is 46.5 Å². The average Bonchev–Trinajstić information content (AvgIpc) is 3.23. The second kappa shape index (κ2) is 19.9. The van der Waals surface area contributed by atoms with Crippen LogP contribution in [0.3, 0.4) is 0 Å². The predicted molar refractivity (Wildman–Crippen MR) is 209 cm³/mol. The largest absolute Gasteiger partial charge is 0.505 e. The maximum Gasteiger partial charge on any atom is 0.336 e. The van der Waals surface area contributed by atoms with Gasteiger partial charge in [-0.2, -0.15) is 17.6 Å². The summed E-state index contributed by atoms with van der Waals surface area (Å²) >= 11 is 0. The second-order valence-corrected chi connectivity index (χ2v) is 11.9. The lowest BCUT2D eigenvalue weighted by molar-refractivity contribution is 0.0685. The van der Waals surface area contributed by atoms with Gasteiger partial charge in [0.05, 0.1) is 16.7 Å². The lowest BCUT2D eigenvalue weighted by Gasteiger charge is -2.17. The Morgan fingerprint density at radius 2 is 0.984 bits per heavy atom. The van der Waals surface area contributed by atoms with E-state index in [4.69, 9.17) is 24.8 Å². The molecule has 332 valence electrons. The number of carboxylic acid groups (broad SMARTS) is 2. The summed E-state index contributed by atoms with van der Waals surface area (Å²) in [4.78, 5) is 46.5. The van der Waals surface area contributed by atoms with Crippen LogP contribution in [0.15, 0.2) is 88.1 Å². The number of aromatic carboxylic acids is 2. The number of halogens is 8. The summed E-state index contributed by atoms with van der Waals surface area (Å²) in [6.07, 6.45) is 0. The van der Waals surface area contributed by atoms with E-state index in [0.717, 1.165) is 24.3 Å². The molecule has 0 amide bonds. The Morgan fingerprint density at radius 3 is 1.56 bits per heavy atom. The number of aromatic hydroxyl groups is 5. The number of hydrogen-bond acceptors (Lipinski definition) is 10. The molecular formula is C43H32F8O12. The van der Waals surface area contributed by atoms with Gasteiger partial charge in [-0.15, -0.1) is 0 Å². The van der Waals surface area contributed by atoms with Crippen LogP contribution in [-0.4, -0.2) is 53.5 Å². The summed E-state index contributed by atoms with van der Waals surface area (Å²) in [6.45, 7) is 0. The van der Waals surface area contributed by atoms with Crippen molar-refractivity contribution < 1.29 is 89.7 Å². The molecule has 0 radical (unpaired) electrons. The standard InChI is InChI=1S/C20H8F4O5.C14H8F2O5.C6H4F2O2.3CH4/c21-11-5-9-13(7-3-1-2-4-8(7)20(27)28)10-6-12(22)17(26)15(24)19(10)29-18(9)14(23)16(11)25;15-9-5-8(12(18)10(16)13(9)19)11(17)6-3-1-2-4-7(6)14(20)21;7-3-1-2-4(9)5(8)6(3)10;;;/h1-6,25H,(H,27,28);1-5,18-19H,(H,20,21);1-2,9-10H;3*1H4. The summed E-state index contributed by atoms with van der Waals surface area (Å²) < 4.78 is 113. The Balaban J connectivity index is 0.000000353. The highest BCUT2D eigenvalue weighted by Crippen LogP contribution is 2.45. The van der Waals surface area contributed by atoms with Crippen molar-refractivity contribution in [3.63, 3.8) is 0 Å². The third kappa shape index (κ3) is 9.59. The topological polar surface area (TPSA) is 223 Å². The molecule has 5 aromatic carbocycles. The van der Waals surface area contributed by atoms with Crippen LogP contribution in [-0.2, 0) is 0 Å². The highest BCUT2D eigenvalue weighted by Gasteiger charge is 2.30. The normalized spacial score (nSPS) is 10.2. The molecule has 0 unspecified atom stereocenters. The number of ketones is 1. The van der Waals surface area contributed by atoms with Crippen molar-refractivity contribution in [2.45, 2.75) is 22.3 Å². The van der Waals surface area contributed by atoms with Crippen LogP contribution < -0.4 is 5.43 Å². The molecule has 1 aliphatic carbocycles. The maximum absolute atomic E-state index is 14.5. The van der Waals surface area contributed by atoms with Gasteiger partial charge in [-0.3, -0.25) is 9.59 Å². The van der Waals surface area contributed by atoms with E-state index in [1.165, 1.54) is 36.4 Å². The molecule has 7 N–H and O–H groups in total. The molecule has 0 saturated heterocycles. The van der Waals surface area contributed by atoms with Crippen molar-refractivity contribution in [2.75, 3.05) is 0 Å². The van der Waals surface area contributed by atoms with E-state index in [1.54, 1.807) is 0 Å². The molecule has 0 aromatic heterocycles. The Hall–Kier alpha value is -8.16. The number of carboxylic acids is 2. The zero-order valence-corrected chi connectivity index (χ0v) is 29.2. The molecule has 0 bridgehead atoms. The first-order valence-corrected chi connectivity index (χ1v) is 16.1. The van der Waals surface area contributed by atoms with E-state index in [0.29, 0.717) is 18.2 Å². The smallest absolute Gasteiger partial charge is 0.336 e. The highest BCUT2D eigenvalue weighted by molar-refractivity contribution is 6.15. The fourth-order valence-electron chi connectivity index (χ4n) is 5.49. The third-order valence-corrected chi connectivity index (χ3v) is 8.31. The van der Waals surface area contributed by atoms with E-state index in [-0.39, 0.29) is 50.1 Å². The van der Waals surface area contributed by atoms with Gasteiger partial charge in [0.1, 0.15) is 0 Å². The number of carbonyl (C=O) groups excluding carboxylic acids is 1. The van der Waals surface area contributed by atoms with Gasteiger partial charge in [0.15, 0.2) is 69.1 Å². The van der Waals surface area contributed by atoms with Gasteiger partial charge in [0, 0.05) is 22.1 Å². The number of hydrogen-bond donors (Lipinski definition) is 7. The van der Waals surface area contributed by atoms with Crippen molar-refractivity contribution in [3.05, 3.63) is 158 Å². The molecule has 0 spiro atoms. The molecule has 1 aliphatic heterocycles. The van der Waals surface area contributed by atoms with Gasteiger partial charge >= 0.3 is 11.9 Å². The second-order valence-electron chi connectivity index (χ2n) is 11.9. The first kappa shape index (κ1) is 51.0. The zero-order chi connectivity index (χ0) is 44.5. The van der Waals surface area contributed by atoms with Gasteiger partial charge in [-0.1, -0.05) is 58.7 Å². The van der Waals surface area contributed by atoms with Crippen molar-refractivity contribution in [2.24, 2.45) is 0 Å². The van der Waals surface area contributed by atoms with E-state index in [9.17, 15) is 69.6 Å². The third-order valence-electron chi connectivity index (χ3n) is 8.31. The predicted octanol–water partition coefficient (Wildman–Crippen LogP) is 10.1. The summed E-state index contributed by atoms with van der Waals surface area (Å²) in [5.74, 6) is -22.5. The van der Waals surface area contributed by atoms with Crippen LogP contribution in [0.25, 0.3) is 33.4 Å². The first-order chi connectivity index (χ1) is 28.2. The monoisotopic (exact) mass is 892 g/mol. The lowest BCUT2D eigenvalue weighted by Crippen LogP contribution is -2.14. The van der Waals surface area contributed by atoms with Gasteiger partial charge in [-0.05, 0) is 48.0 Å². The van der Waals surface area contributed by atoms with Gasteiger partial charge in [0.2, 0.25) is 23.3 Å². The van der Waals surface area contributed by atoms with Gasteiger partial charge < -0.3 is 40.2 Å².